The smallest absolute Gasteiger partial charge is 0.339 e. The number of aromatic nitrogens is 3. The lowest BCUT2D eigenvalue weighted by Gasteiger charge is -2.32. The molecule has 1 fully saturated rings. The van der Waals surface area contributed by atoms with Gasteiger partial charge in [-0.1, -0.05) is 24.3 Å². The normalized spacial score (nSPS) is 14.6. The Kier molecular flexibility index (Phi) is 5.41. The third-order valence-corrected chi connectivity index (χ3v) is 5.84. The van der Waals surface area contributed by atoms with Crippen molar-refractivity contribution in [2.75, 3.05) is 13.1 Å². The number of amides is 1. The molecule has 9 nitrogen and oxygen atoms in total. The van der Waals surface area contributed by atoms with Gasteiger partial charge in [0.1, 0.15) is 5.82 Å². The highest BCUT2D eigenvalue weighted by molar-refractivity contribution is 5.96. The Morgan fingerprint density at radius 3 is 2.42 bits per heavy atom. The molecule has 31 heavy (non-hydrogen) atoms. The van der Waals surface area contributed by atoms with Crippen LogP contribution in [0.25, 0.3) is 5.69 Å². The molecule has 0 radical (unpaired) electrons. The standard InChI is InChI=1S/C22H23N5O4/c1-15-18(9-6-10-19(15)27(30)31)21(28)25-13-11-16(12-14-25)20-23-24(2)22(29)26(20)17-7-4-3-5-8-17/h3-10,16H,11-14H2,1-2H3. The lowest BCUT2D eigenvalue weighted by atomic mass is 9.94. The molecule has 0 unspecified atom stereocenters. The van der Waals surface area contributed by atoms with E-state index in [2.05, 4.69) is 5.10 Å². The van der Waals surface area contributed by atoms with E-state index < -0.39 is 4.92 Å². The van der Waals surface area contributed by atoms with Gasteiger partial charge < -0.3 is 4.90 Å². The summed E-state index contributed by atoms with van der Waals surface area (Å²) in [6.07, 6.45) is 1.31. The molecular formula is C22H23N5O4. The van der Waals surface area contributed by atoms with E-state index in [1.54, 1.807) is 29.5 Å². The second kappa shape index (κ2) is 8.17. The summed E-state index contributed by atoms with van der Waals surface area (Å²) >= 11 is 0. The molecule has 0 saturated carbocycles. The third kappa shape index (κ3) is 3.74. The van der Waals surface area contributed by atoms with Crippen molar-refractivity contribution in [3.05, 3.63) is 86.1 Å². The van der Waals surface area contributed by atoms with Gasteiger partial charge >= 0.3 is 5.69 Å². The van der Waals surface area contributed by atoms with Crippen molar-refractivity contribution >= 4 is 11.6 Å². The Balaban J connectivity index is 1.55. The van der Waals surface area contributed by atoms with Crippen molar-refractivity contribution in [3.63, 3.8) is 0 Å². The van der Waals surface area contributed by atoms with Crippen molar-refractivity contribution in [2.24, 2.45) is 7.05 Å². The van der Waals surface area contributed by atoms with Crippen molar-refractivity contribution in [1.29, 1.82) is 0 Å². The minimum atomic E-state index is -0.470. The Bertz CT molecular complexity index is 1190. The number of nitro groups is 1. The highest BCUT2D eigenvalue weighted by Gasteiger charge is 2.30. The quantitative estimate of drug-likeness (QED) is 0.476. The largest absolute Gasteiger partial charge is 0.350 e. The molecule has 0 bridgehead atoms. The van der Waals surface area contributed by atoms with E-state index in [0.29, 0.717) is 42.9 Å². The molecular weight excluding hydrogens is 398 g/mol. The summed E-state index contributed by atoms with van der Waals surface area (Å²) in [6.45, 7) is 2.58. The van der Waals surface area contributed by atoms with Crippen molar-refractivity contribution < 1.29 is 9.72 Å². The fourth-order valence-corrected chi connectivity index (χ4v) is 4.13. The monoisotopic (exact) mass is 421 g/mol. The van der Waals surface area contributed by atoms with Crippen LogP contribution >= 0.6 is 0 Å². The molecule has 2 aromatic carbocycles. The van der Waals surface area contributed by atoms with Crippen LogP contribution in [0.5, 0.6) is 0 Å². The van der Waals surface area contributed by atoms with Gasteiger partial charge in [-0.15, -0.1) is 0 Å². The molecule has 2 heterocycles. The number of hydrogen-bond acceptors (Lipinski definition) is 5. The number of para-hydroxylation sites is 1. The summed E-state index contributed by atoms with van der Waals surface area (Å²) in [7, 11) is 1.63. The SMILES string of the molecule is Cc1c(C(=O)N2CCC(c3nn(C)c(=O)n3-c3ccccc3)CC2)cccc1[N+](=O)[O-]. The summed E-state index contributed by atoms with van der Waals surface area (Å²) in [5.74, 6) is 0.516. The Labute approximate surface area is 178 Å². The van der Waals surface area contributed by atoms with Crippen LogP contribution in [0, 0.1) is 17.0 Å². The van der Waals surface area contributed by atoms with Crippen molar-refractivity contribution in [2.45, 2.75) is 25.7 Å². The molecule has 4 rings (SSSR count). The Hall–Kier alpha value is -3.75. The molecule has 1 aromatic heterocycles. The molecule has 1 aliphatic rings. The highest BCUT2D eigenvalue weighted by atomic mass is 16.6. The number of nitrogens with zero attached hydrogens (tertiary/aromatic N) is 5. The molecule has 9 heteroatoms. The maximum atomic E-state index is 13.0. The number of carbonyl (C=O) groups excluding carboxylic acids is 1. The minimum absolute atomic E-state index is 0.0318. The van der Waals surface area contributed by atoms with E-state index in [1.807, 2.05) is 30.3 Å². The molecule has 1 saturated heterocycles. The van der Waals surface area contributed by atoms with E-state index >= 15 is 0 Å². The lowest BCUT2D eigenvalue weighted by molar-refractivity contribution is -0.385. The Morgan fingerprint density at radius 2 is 1.77 bits per heavy atom. The first kappa shape index (κ1) is 20.5. The topological polar surface area (TPSA) is 103 Å². The van der Waals surface area contributed by atoms with Gasteiger partial charge in [0, 0.05) is 43.2 Å². The zero-order chi connectivity index (χ0) is 22.1. The number of carbonyl (C=O) groups is 1. The molecule has 1 aliphatic heterocycles. The maximum Gasteiger partial charge on any atom is 0.350 e. The van der Waals surface area contributed by atoms with Crippen molar-refractivity contribution in [3.8, 4) is 5.69 Å². The fraction of sp³-hybridized carbons (Fsp3) is 0.318. The minimum Gasteiger partial charge on any atom is -0.339 e. The zero-order valence-corrected chi connectivity index (χ0v) is 17.4. The average Bonchev–Trinajstić information content (AvgIpc) is 3.08. The first-order valence-corrected chi connectivity index (χ1v) is 10.1. The highest BCUT2D eigenvalue weighted by Crippen LogP contribution is 2.29. The number of nitro benzene ring substituents is 1. The molecule has 0 atom stereocenters. The van der Waals surface area contributed by atoms with E-state index in [1.165, 1.54) is 16.8 Å². The predicted octanol–water partition coefficient (Wildman–Crippen LogP) is 2.81. The summed E-state index contributed by atoms with van der Waals surface area (Å²) in [5.41, 5.74) is 1.24. The molecule has 1 amide bonds. The van der Waals surface area contributed by atoms with Crippen LogP contribution in [0.3, 0.4) is 0 Å². The fourth-order valence-electron chi connectivity index (χ4n) is 4.13. The zero-order valence-electron chi connectivity index (χ0n) is 17.4. The van der Waals surface area contributed by atoms with Gasteiger partial charge in [0.15, 0.2) is 0 Å². The maximum absolute atomic E-state index is 13.0. The van der Waals surface area contributed by atoms with Crippen LogP contribution in [-0.2, 0) is 7.05 Å². The molecule has 0 spiro atoms. The van der Waals surface area contributed by atoms with E-state index in [-0.39, 0.29) is 23.2 Å². The number of aryl methyl sites for hydroxylation is 1. The Morgan fingerprint density at radius 1 is 1.10 bits per heavy atom. The summed E-state index contributed by atoms with van der Waals surface area (Å²) in [6, 6.07) is 14.0. The first-order chi connectivity index (χ1) is 14.9. The van der Waals surface area contributed by atoms with Crippen LogP contribution in [0.1, 0.15) is 40.5 Å². The van der Waals surface area contributed by atoms with E-state index in [4.69, 9.17) is 0 Å². The lowest BCUT2D eigenvalue weighted by Crippen LogP contribution is -2.39. The van der Waals surface area contributed by atoms with E-state index in [9.17, 15) is 19.7 Å². The molecule has 3 aromatic rings. The molecule has 160 valence electrons. The third-order valence-electron chi connectivity index (χ3n) is 5.84. The number of hydrogen-bond donors (Lipinski definition) is 0. The number of rotatable bonds is 4. The average molecular weight is 421 g/mol. The van der Waals surface area contributed by atoms with Gasteiger partial charge in [-0.3, -0.25) is 14.9 Å². The number of piperidine rings is 1. The van der Waals surface area contributed by atoms with Gasteiger partial charge in [-0.25, -0.2) is 14.0 Å². The second-order valence-corrected chi connectivity index (χ2v) is 7.71. The molecule has 0 aliphatic carbocycles. The van der Waals surface area contributed by atoms with Crippen LogP contribution in [0.2, 0.25) is 0 Å². The predicted molar refractivity (Wildman–Crippen MR) is 115 cm³/mol. The van der Waals surface area contributed by atoms with Crippen LogP contribution < -0.4 is 5.69 Å². The van der Waals surface area contributed by atoms with Crippen molar-refractivity contribution in [1.82, 2.24) is 19.2 Å². The van der Waals surface area contributed by atoms with Gasteiger partial charge in [-0.05, 0) is 38.0 Å². The summed E-state index contributed by atoms with van der Waals surface area (Å²) in [5, 5.41) is 15.7. The summed E-state index contributed by atoms with van der Waals surface area (Å²) in [4.78, 5) is 38.1. The summed E-state index contributed by atoms with van der Waals surface area (Å²) < 4.78 is 2.97. The van der Waals surface area contributed by atoms with Gasteiger partial charge in [-0.2, -0.15) is 5.10 Å². The first-order valence-electron chi connectivity index (χ1n) is 10.1. The second-order valence-electron chi connectivity index (χ2n) is 7.71. The number of likely N-dealkylation sites (tertiary alicyclic amines) is 1. The van der Waals surface area contributed by atoms with Crippen LogP contribution in [0.15, 0.2) is 53.3 Å². The number of benzene rings is 2. The van der Waals surface area contributed by atoms with Crippen LogP contribution in [0.4, 0.5) is 5.69 Å². The van der Waals surface area contributed by atoms with Gasteiger partial charge in [0.25, 0.3) is 11.6 Å². The van der Waals surface area contributed by atoms with E-state index in [0.717, 1.165) is 5.69 Å². The molecule has 0 N–H and O–H groups in total. The van der Waals surface area contributed by atoms with Gasteiger partial charge in [0.2, 0.25) is 0 Å². The van der Waals surface area contributed by atoms with Gasteiger partial charge in [0.05, 0.1) is 10.6 Å². The van der Waals surface area contributed by atoms with Crippen LogP contribution in [-0.4, -0.2) is 43.2 Å².